The molecule has 0 fully saturated rings. The summed E-state index contributed by atoms with van der Waals surface area (Å²) in [5.74, 6) is -0.608. The zero-order valence-corrected chi connectivity index (χ0v) is 19.0. The zero-order chi connectivity index (χ0) is 23.6. The highest BCUT2D eigenvalue weighted by molar-refractivity contribution is 5.89. The Morgan fingerprint density at radius 2 is 1.84 bits per heavy atom. The van der Waals surface area contributed by atoms with Crippen molar-refractivity contribution in [2.75, 3.05) is 13.2 Å². The Kier molecular flexibility index (Phi) is 6.85. The van der Waals surface area contributed by atoms with E-state index in [9.17, 15) is 18.4 Å². The summed E-state index contributed by atoms with van der Waals surface area (Å²) < 4.78 is 39.4. The van der Waals surface area contributed by atoms with Crippen molar-refractivity contribution < 1.29 is 27.8 Å². The molecular weight excluding hydrogens is 420 g/mol. The first-order chi connectivity index (χ1) is 15.0. The Balaban J connectivity index is 2.02. The van der Waals surface area contributed by atoms with Crippen molar-refractivity contribution in [1.29, 1.82) is 0 Å². The van der Waals surface area contributed by atoms with E-state index in [1.807, 2.05) is 0 Å². The van der Waals surface area contributed by atoms with Crippen LogP contribution >= 0.6 is 0 Å². The first-order valence-corrected chi connectivity index (χ1v) is 10.7. The lowest BCUT2D eigenvalue weighted by Crippen LogP contribution is -2.40. The van der Waals surface area contributed by atoms with Crippen LogP contribution in [-0.4, -0.2) is 45.5 Å². The van der Waals surface area contributed by atoms with Crippen molar-refractivity contribution in [2.45, 2.75) is 65.7 Å². The smallest absolute Gasteiger partial charge is 0.410 e. The molecule has 0 aliphatic carbocycles. The van der Waals surface area contributed by atoms with Gasteiger partial charge < -0.3 is 14.4 Å². The molecule has 32 heavy (non-hydrogen) atoms. The molecule has 3 rings (SSSR count). The fourth-order valence-corrected chi connectivity index (χ4v) is 3.83. The van der Waals surface area contributed by atoms with Crippen LogP contribution in [-0.2, 0) is 22.4 Å². The van der Waals surface area contributed by atoms with E-state index < -0.39 is 30.1 Å². The predicted octanol–water partition coefficient (Wildman–Crippen LogP) is 4.90. The summed E-state index contributed by atoms with van der Waals surface area (Å²) in [6, 6.07) is 5.76. The number of nitrogens with zero attached hydrogens (tertiary/aromatic N) is 3. The van der Waals surface area contributed by atoms with Gasteiger partial charge in [-0.2, -0.15) is 5.10 Å². The van der Waals surface area contributed by atoms with Crippen molar-refractivity contribution in [3.63, 3.8) is 0 Å². The van der Waals surface area contributed by atoms with E-state index in [1.54, 1.807) is 57.5 Å². The van der Waals surface area contributed by atoms with E-state index in [0.29, 0.717) is 24.1 Å². The number of halogens is 2. The van der Waals surface area contributed by atoms with Crippen LogP contribution in [0.25, 0.3) is 0 Å². The number of fused-ring (bicyclic) bond motifs is 1. The first kappa shape index (κ1) is 23.7. The SMILES string of the molecule is CCOC(=O)c1nn(C(C)c2ccccc2C(F)F)c2c1CN(C(=O)OC(C)(C)C)CC2. The Hall–Kier alpha value is -2.97. The largest absolute Gasteiger partial charge is 0.461 e. The average Bonchev–Trinajstić information content (AvgIpc) is 3.11. The molecule has 1 aliphatic heterocycles. The number of aromatic nitrogens is 2. The summed E-state index contributed by atoms with van der Waals surface area (Å²) in [4.78, 5) is 26.7. The first-order valence-electron chi connectivity index (χ1n) is 10.7. The molecular formula is C23H29F2N3O4. The van der Waals surface area contributed by atoms with Crippen molar-refractivity contribution in [3.05, 3.63) is 52.3 Å². The Labute approximate surface area is 186 Å². The summed E-state index contributed by atoms with van der Waals surface area (Å²) in [7, 11) is 0. The van der Waals surface area contributed by atoms with Gasteiger partial charge in [-0.3, -0.25) is 4.68 Å². The van der Waals surface area contributed by atoms with Crippen molar-refractivity contribution >= 4 is 12.1 Å². The van der Waals surface area contributed by atoms with Crippen LogP contribution in [0.5, 0.6) is 0 Å². The minimum absolute atomic E-state index is 0.0758. The summed E-state index contributed by atoms with van der Waals surface area (Å²) in [6.45, 7) is 9.46. The highest BCUT2D eigenvalue weighted by atomic mass is 19.3. The van der Waals surface area contributed by atoms with Gasteiger partial charge in [0.15, 0.2) is 5.69 Å². The molecule has 2 heterocycles. The Morgan fingerprint density at radius 1 is 1.19 bits per heavy atom. The third-order valence-electron chi connectivity index (χ3n) is 5.25. The lowest BCUT2D eigenvalue weighted by Gasteiger charge is -2.31. The minimum atomic E-state index is -2.63. The van der Waals surface area contributed by atoms with E-state index in [0.717, 1.165) is 5.69 Å². The molecule has 1 amide bonds. The highest BCUT2D eigenvalue weighted by Gasteiger charge is 2.34. The van der Waals surface area contributed by atoms with E-state index >= 15 is 0 Å². The van der Waals surface area contributed by atoms with Gasteiger partial charge in [-0.05, 0) is 40.2 Å². The molecule has 0 saturated carbocycles. The van der Waals surface area contributed by atoms with Crippen LogP contribution in [0, 0.1) is 0 Å². The minimum Gasteiger partial charge on any atom is -0.461 e. The van der Waals surface area contributed by atoms with E-state index in [1.165, 1.54) is 11.0 Å². The zero-order valence-electron chi connectivity index (χ0n) is 19.0. The molecule has 9 heteroatoms. The number of benzene rings is 1. The van der Waals surface area contributed by atoms with Gasteiger partial charge in [-0.25, -0.2) is 18.4 Å². The highest BCUT2D eigenvalue weighted by Crippen LogP contribution is 2.33. The maximum absolute atomic E-state index is 13.6. The van der Waals surface area contributed by atoms with Gasteiger partial charge in [-0.1, -0.05) is 24.3 Å². The van der Waals surface area contributed by atoms with E-state index in [2.05, 4.69) is 5.10 Å². The number of carbonyl (C=O) groups excluding carboxylic acids is 2. The molecule has 7 nitrogen and oxygen atoms in total. The number of amides is 1. The normalized spacial score (nSPS) is 14.8. The average molecular weight is 449 g/mol. The standard InChI is InChI=1S/C23H29F2N3O4/c1-6-31-21(29)19-17-13-27(22(30)32-23(3,4)5)12-11-18(17)28(26-19)14(2)15-9-7-8-10-16(15)20(24)25/h7-10,14,20H,6,11-13H2,1-5H3. The predicted molar refractivity (Wildman–Crippen MR) is 114 cm³/mol. The monoisotopic (exact) mass is 449 g/mol. The number of carbonyl (C=O) groups is 2. The van der Waals surface area contributed by atoms with Gasteiger partial charge in [0, 0.05) is 29.8 Å². The molecule has 0 saturated heterocycles. The fourth-order valence-electron chi connectivity index (χ4n) is 3.83. The van der Waals surface area contributed by atoms with E-state index in [-0.39, 0.29) is 24.4 Å². The van der Waals surface area contributed by atoms with Gasteiger partial charge in [0.2, 0.25) is 0 Å². The lowest BCUT2D eigenvalue weighted by atomic mass is 10.00. The lowest BCUT2D eigenvalue weighted by molar-refractivity contribution is 0.0219. The summed E-state index contributed by atoms with van der Waals surface area (Å²) in [6.07, 6.45) is -2.71. The third-order valence-corrected chi connectivity index (χ3v) is 5.25. The summed E-state index contributed by atoms with van der Waals surface area (Å²) >= 11 is 0. The second kappa shape index (κ2) is 9.26. The van der Waals surface area contributed by atoms with Gasteiger partial charge in [0.25, 0.3) is 6.43 Å². The van der Waals surface area contributed by atoms with Crippen molar-refractivity contribution in [2.24, 2.45) is 0 Å². The summed E-state index contributed by atoms with van der Waals surface area (Å²) in [5.41, 5.74) is 1.08. The van der Waals surface area contributed by atoms with Gasteiger partial charge in [-0.15, -0.1) is 0 Å². The van der Waals surface area contributed by atoms with Crippen LogP contribution in [0.15, 0.2) is 24.3 Å². The molecule has 0 spiro atoms. The third kappa shape index (κ3) is 4.92. The number of ether oxygens (including phenoxy) is 2. The van der Waals surface area contributed by atoms with Gasteiger partial charge in [0.1, 0.15) is 5.60 Å². The fraction of sp³-hybridized carbons (Fsp3) is 0.522. The van der Waals surface area contributed by atoms with E-state index in [4.69, 9.17) is 9.47 Å². The van der Waals surface area contributed by atoms with Gasteiger partial charge in [0.05, 0.1) is 19.2 Å². The van der Waals surface area contributed by atoms with Gasteiger partial charge >= 0.3 is 12.1 Å². The van der Waals surface area contributed by atoms with Crippen LogP contribution in [0.4, 0.5) is 13.6 Å². The Bertz CT molecular complexity index is 998. The molecule has 1 aromatic heterocycles. The summed E-state index contributed by atoms with van der Waals surface area (Å²) in [5, 5.41) is 4.47. The van der Waals surface area contributed by atoms with Crippen LogP contribution in [0.1, 0.15) is 80.0 Å². The number of hydrogen-bond donors (Lipinski definition) is 0. The van der Waals surface area contributed by atoms with Crippen LogP contribution < -0.4 is 0 Å². The number of esters is 1. The molecule has 0 bridgehead atoms. The van der Waals surface area contributed by atoms with Crippen LogP contribution in [0.3, 0.4) is 0 Å². The van der Waals surface area contributed by atoms with Crippen molar-refractivity contribution in [1.82, 2.24) is 14.7 Å². The number of alkyl halides is 2. The second-order valence-corrected chi connectivity index (χ2v) is 8.70. The molecule has 1 atom stereocenters. The topological polar surface area (TPSA) is 73.7 Å². The molecule has 1 unspecified atom stereocenters. The maximum atomic E-state index is 13.6. The Morgan fingerprint density at radius 3 is 2.44 bits per heavy atom. The molecule has 0 N–H and O–H groups in total. The molecule has 174 valence electrons. The number of hydrogen-bond acceptors (Lipinski definition) is 5. The van der Waals surface area contributed by atoms with Crippen molar-refractivity contribution in [3.8, 4) is 0 Å². The molecule has 1 aromatic carbocycles. The second-order valence-electron chi connectivity index (χ2n) is 8.70. The molecule has 2 aromatic rings. The van der Waals surface area contributed by atoms with Crippen LogP contribution in [0.2, 0.25) is 0 Å². The molecule has 1 aliphatic rings. The number of rotatable bonds is 5. The maximum Gasteiger partial charge on any atom is 0.410 e. The molecule has 0 radical (unpaired) electrons. The quantitative estimate of drug-likeness (QED) is 0.607.